The molecule has 0 saturated heterocycles. The Balaban J connectivity index is 2.12. The molecule has 0 radical (unpaired) electrons. The van der Waals surface area contributed by atoms with Crippen LogP contribution in [0.5, 0.6) is 5.88 Å². The van der Waals surface area contributed by atoms with E-state index in [1.165, 1.54) is 17.8 Å². The standard InChI is InChI=1S/C10H11ClN4OS/c1-6-3-8(16)14-10(13-6)17-4-7-9(11)12-5-15(7)2/h3,5H,4H2,1-2H3,(H,13,14,16). The van der Waals surface area contributed by atoms with Gasteiger partial charge in [-0.1, -0.05) is 23.4 Å². The van der Waals surface area contributed by atoms with Crippen LogP contribution in [0.25, 0.3) is 0 Å². The van der Waals surface area contributed by atoms with Gasteiger partial charge < -0.3 is 9.67 Å². The number of aryl methyl sites for hydroxylation is 2. The first-order chi connectivity index (χ1) is 8.06. The molecule has 0 saturated carbocycles. The van der Waals surface area contributed by atoms with Crippen molar-refractivity contribution < 1.29 is 5.11 Å². The van der Waals surface area contributed by atoms with Crippen molar-refractivity contribution in [3.63, 3.8) is 0 Å². The summed E-state index contributed by atoms with van der Waals surface area (Å²) in [7, 11) is 1.88. The normalized spacial score (nSPS) is 10.8. The molecular weight excluding hydrogens is 260 g/mol. The minimum atomic E-state index is -0.0175. The molecule has 0 fully saturated rings. The van der Waals surface area contributed by atoms with Crippen LogP contribution in [0, 0.1) is 6.92 Å². The van der Waals surface area contributed by atoms with Crippen molar-refractivity contribution in [1.82, 2.24) is 19.5 Å². The molecular formula is C10H11ClN4OS. The fourth-order valence-electron chi connectivity index (χ4n) is 1.31. The zero-order valence-electron chi connectivity index (χ0n) is 9.38. The van der Waals surface area contributed by atoms with Gasteiger partial charge in [-0.25, -0.2) is 9.97 Å². The molecule has 17 heavy (non-hydrogen) atoms. The summed E-state index contributed by atoms with van der Waals surface area (Å²) in [4.78, 5) is 12.1. The van der Waals surface area contributed by atoms with Crippen molar-refractivity contribution in [2.24, 2.45) is 7.05 Å². The number of rotatable bonds is 3. The van der Waals surface area contributed by atoms with E-state index in [-0.39, 0.29) is 5.88 Å². The summed E-state index contributed by atoms with van der Waals surface area (Å²) in [5, 5.41) is 10.4. The Morgan fingerprint density at radius 2 is 2.24 bits per heavy atom. The lowest BCUT2D eigenvalue weighted by Gasteiger charge is -2.03. The maximum atomic E-state index is 9.35. The molecule has 0 aliphatic carbocycles. The zero-order chi connectivity index (χ0) is 12.4. The van der Waals surface area contributed by atoms with Crippen molar-refractivity contribution in [3.05, 3.63) is 28.9 Å². The number of aromatic nitrogens is 4. The van der Waals surface area contributed by atoms with E-state index in [0.29, 0.717) is 16.1 Å². The molecule has 1 N–H and O–H groups in total. The maximum Gasteiger partial charge on any atom is 0.215 e. The third-order valence-electron chi connectivity index (χ3n) is 2.17. The van der Waals surface area contributed by atoms with E-state index in [9.17, 15) is 5.11 Å². The first kappa shape index (κ1) is 12.2. The Kier molecular flexibility index (Phi) is 3.54. The zero-order valence-corrected chi connectivity index (χ0v) is 11.0. The van der Waals surface area contributed by atoms with Gasteiger partial charge in [-0.15, -0.1) is 0 Å². The van der Waals surface area contributed by atoms with E-state index >= 15 is 0 Å². The van der Waals surface area contributed by atoms with Gasteiger partial charge in [0.15, 0.2) is 10.3 Å². The SMILES string of the molecule is Cc1cc(O)nc(SCc2c(Cl)ncn2C)n1. The first-order valence-corrected chi connectivity index (χ1v) is 6.26. The van der Waals surface area contributed by atoms with E-state index in [2.05, 4.69) is 15.0 Å². The lowest BCUT2D eigenvalue weighted by Crippen LogP contribution is -1.95. The Hall–Kier alpha value is -1.27. The monoisotopic (exact) mass is 270 g/mol. The summed E-state index contributed by atoms with van der Waals surface area (Å²) in [5.41, 5.74) is 1.64. The van der Waals surface area contributed by atoms with E-state index in [0.717, 1.165) is 11.4 Å². The summed E-state index contributed by atoms with van der Waals surface area (Å²) in [6, 6.07) is 1.51. The fourth-order valence-corrected chi connectivity index (χ4v) is 2.61. The Morgan fingerprint density at radius 1 is 1.47 bits per heavy atom. The number of nitrogens with zero attached hydrogens (tertiary/aromatic N) is 4. The van der Waals surface area contributed by atoms with E-state index in [4.69, 9.17) is 11.6 Å². The molecule has 7 heteroatoms. The highest BCUT2D eigenvalue weighted by Crippen LogP contribution is 2.24. The summed E-state index contributed by atoms with van der Waals surface area (Å²) in [6.07, 6.45) is 1.66. The van der Waals surface area contributed by atoms with Crippen molar-refractivity contribution in [1.29, 1.82) is 0 Å². The largest absolute Gasteiger partial charge is 0.493 e. The Morgan fingerprint density at radius 3 is 2.82 bits per heavy atom. The number of thioether (sulfide) groups is 1. The molecule has 0 bridgehead atoms. The van der Waals surface area contributed by atoms with Gasteiger partial charge in [0.25, 0.3) is 0 Å². The third-order valence-corrected chi connectivity index (χ3v) is 3.34. The fraction of sp³-hybridized carbons (Fsp3) is 0.300. The molecule has 0 aliphatic heterocycles. The van der Waals surface area contributed by atoms with Crippen molar-refractivity contribution >= 4 is 23.4 Å². The lowest BCUT2D eigenvalue weighted by atomic mass is 10.4. The van der Waals surface area contributed by atoms with Gasteiger partial charge in [-0.05, 0) is 6.92 Å². The molecule has 90 valence electrons. The van der Waals surface area contributed by atoms with Gasteiger partial charge >= 0.3 is 0 Å². The van der Waals surface area contributed by atoms with Crippen molar-refractivity contribution in [3.8, 4) is 5.88 Å². The number of hydrogen-bond donors (Lipinski definition) is 1. The topological polar surface area (TPSA) is 63.8 Å². The Labute approximate surface area is 108 Å². The van der Waals surface area contributed by atoms with E-state index in [1.807, 2.05) is 18.5 Å². The average Bonchev–Trinajstić information content (AvgIpc) is 2.55. The maximum absolute atomic E-state index is 9.35. The number of imidazole rings is 1. The molecule has 2 rings (SSSR count). The molecule has 0 spiro atoms. The predicted molar refractivity (Wildman–Crippen MR) is 66.2 cm³/mol. The van der Waals surface area contributed by atoms with Crippen LogP contribution in [0.15, 0.2) is 17.6 Å². The van der Waals surface area contributed by atoms with Crippen LogP contribution in [-0.4, -0.2) is 24.6 Å². The van der Waals surface area contributed by atoms with Crippen LogP contribution in [-0.2, 0) is 12.8 Å². The molecule has 0 aliphatic rings. The minimum Gasteiger partial charge on any atom is -0.493 e. The average molecular weight is 271 g/mol. The highest BCUT2D eigenvalue weighted by molar-refractivity contribution is 7.98. The van der Waals surface area contributed by atoms with Gasteiger partial charge in [-0.2, -0.15) is 4.98 Å². The van der Waals surface area contributed by atoms with Crippen LogP contribution in [0.1, 0.15) is 11.4 Å². The summed E-state index contributed by atoms with van der Waals surface area (Å²) < 4.78 is 1.85. The van der Waals surface area contributed by atoms with Crippen LogP contribution in [0.3, 0.4) is 0 Å². The Bertz CT molecular complexity index is 503. The number of hydrogen-bond acceptors (Lipinski definition) is 5. The lowest BCUT2D eigenvalue weighted by molar-refractivity contribution is 0.444. The molecule has 0 unspecified atom stereocenters. The molecule has 2 aromatic rings. The van der Waals surface area contributed by atoms with Gasteiger partial charge in [-0.3, -0.25) is 0 Å². The quantitative estimate of drug-likeness (QED) is 0.684. The molecule has 2 aromatic heterocycles. The summed E-state index contributed by atoms with van der Waals surface area (Å²) in [5.74, 6) is 0.592. The van der Waals surface area contributed by atoms with Crippen LogP contribution in [0.2, 0.25) is 5.15 Å². The second-order valence-corrected chi connectivity index (χ2v) is 4.83. The van der Waals surface area contributed by atoms with Crippen LogP contribution >= 0.6 is 23.4 Å². The second-order valence-electron chi connectivity index (χ2n) is 3.53. The van der Waals surface area contributed by atoms with Crippen LogP contribution in [0.4, 0.5) is 0 Å². The second kappa shape index (κ2) is 4.93. The molecule has 0 amide bonds. The van der Waals surface area contributed by atoms with E-state index in [1.54, 1.807) is 6.33 Å². The van der Waals surface area contributed by atoms with Crippen LogP contribution < -0.4 is 0 Å². The highest BCUT2D eigenvalue weighted by atomic mass is 35.5. The van der Waals surface area contributed by atoms with Crippen molar-refractivity contribution in [2.75, 3.05) is 0 Å². The molecule has 2 heterocycles. The number of halogens is 1. The van der Waals surface area contributed by atoms with Gasteiger partial charge in [0.05, 0.1) is 12.0 Å². The predicted octanol–water partition coefficient (Wildman–Crippen LogP) is 2.17. The van der Waals surface area contributed by atoms with Crippen molar-refractivity contribution in [2.45, 2.75) is 17.8 Å². The molecule has 0 aromatic carbocycles. The van der Waals surface area contributed by atoms with Gasteiger partial charge in [0.1, 0.15) is 0 Å². The van der Waals surface area contributed by atoms with Gasteiger partial charge in [0.2, 0.25) is 5.88 Å². The summed E-state index contributed by atoms with van der Waals surface area (Å²) >= 11 is 7.35. The minimum absolute atomic E-state index is 0.0175. The smallest absolute Gasteiger partial charge is 0.215 e. The first-order valence-electron chi connectivity index (χ1n) is 4.89. The highest BCUT2D eigenvalue weighted by Gasteiger charge is 2.09. The number of aromatic hydroxyl groups is 1. The molecule has 0 atom stereocenters. The van der Waals surface area contributed by atoms with E-state index < -0.39 is 0 Å². The molecule has 5 nitrogen and oxygen atoms in total. The third kappa shape index (κ3) is 2.89. The van der Waals surface area contributed by atoms with Gasteiger partial charge in [0, 0.05) is 24.6 Å². The summed E-state index contributed by atoms with van der Waals surface area (Å²) in [6.45, 7) is 1.81.